The molecule has 6 heteroatoms. The SMILES string of the molecule is Cc1nc(NCc2ccccc2F)cc(C(=O)N2CCCCCC2)n1. The molecule has 1 fully saturated rings. The summed E-state index contributed by atoms with van der Waals surface area (Å²) in [6.45, 7) is 3.62. The van der Waals surface area contributed by atoms with E-state index in [9.17, 15) is 9.18 Å². The number of hydrogen-bond acceptors (Lipinski definition) is 4. The van der Waals surface area contributed by atoms with Gasteiger partial charge in [-0.05, 0) is 25.8 Å². The van der Waals surface area contributed by atoms with Gasteiger partial charge in [-0.3, -0.25) is 4.79 Å². The highest BCUT2D eigenvalue weighted by molar-refractivity contribution is 5.93. The van der Waals surface area contributed by atoms with E-state index >= 15 is 0 Å². The van der Waals surface area contributed by atoms with Crippen LogP contribution in [0.5, 0.6) is 0 Å². The summed E-state index contributed by atoms with van der Waals surface area (Å²) in [5.41, 5.74) is 0.949. The normalized spacial score (nSPS) is 14.9. The van der Waals surface area contributed by atoms with Crippen molar-refractivity contribution in [3.05, 3.63) is 53.2 Å². The molecule has 0 saturated carbocycles. The number of nitrogens with zero attached hydrogens (tertiary/aromatic N) is 3. The van der Waals surface area contributed by atoms with Crippen molar-refractivity contribution in [2.45, 2.75) is 39.2 Å². The van der Waals surface area contributed by atoms with Crippen molar-refractivity contribution >= 4 is 11.7 Å². The van der Waals surface area contributed by atoms with E-state index in [4.69, 9.17) is 0 Å². The van der Waals surface area contributed by atoms with Gasteiger partial charge in [0.25, 0.3) is 5.91 Å². The highest BCUT2D eigenvalue weighted by Gasteiger charge is 2.19. The molecular weight excluding hydrogens is 319 g/mol. The van der Waals surface area contributed by atoms with Crippen LogP contribution in [-0.2, 0) is 6.54 Å². The van der Waals surface area contributed by atoms with E-state index in [2.05, 4.69) is 15.3 Å². The summed E-state index contributed by atoms with van der Waals surface area (Å²) < 4.78 is 13.7. The molecule has 0 radical (unpaired) electrons. The van der Waals surface area contributed by atoms with Gasteiger partial charge < -0.3 is 10.2 Å². The molecule has 0 bridgehead atoms. The molecule has 1 aromatic heterocycles. The third kappa shape index (κ3) is 4.53. The molecule has 3 rings (SSSR count). The first-order valence-corrected chi connectivity index (χ1v) is 8.76. The molecule has 0 unspecified atom stereocenters. The molecule has 5 nitrogen and oxygen atoms in total. The summed E-state index contributed by atoms with van der Waals surface area (Å²) >= 11 is 0. The van der Waals surface area contributed by atoms with Crippen molar-refractivity contribution < 1.29 is 9.18 Å². The number of likely N-dealkylation sites (tertiary alicyclic amines) is 1. The summed E-state index contributed by atoms with van der Waals surface area (Å²) in [6.07, 6.45) is 4.41. The van der Waals surface area contributed by atoms with Gasteiger partial charge in [0.15, 0.2) is 0 Å². The first kappa shape index (κ1) is 17.3. The predicted molar refractivity (Wildman–Crippen MR) is 94.9 cm³/mol. The Morgan fingerprint density at radius 2 is 1.88 bits per heavy atom. The number of halogens is 1. The van der Waals surface area contributed by atoms with Crippen LogP contribution in [0.15, 0.2) is 30.3 Å². The summed E-state index contributed by atoms with van der Waals surface area (Å²) in [5.74, 6) is 0.744. The van der Waals surface area contributed by atoms with Crippen molar-refractivity contribution in [3.63, 3.8) is 0 Å². The lowest BCUT2D eigenvalue weighted by atomic mass is 10.2. The molecule has 0 atom stereocenters. The first-order chi connectivity index (χ1) is 12.1. The molecule has 0 spiro atoms. The highest BCUT2D eigenvalue weighted by atomic mass is 19.1. The van der Waals surface area contributed by atoms with E-state index in [-0.39, 0.29) is 11.7 Å². The lowest BCUT2D eigenvalue weighted by molar-refractivity contribution is 0.0755. The maximum atomic E-state index is 13.7. The number of aromatic nitrogens is 2. The molecule has 1 aliphatic heterocycles. The second-order valence-corrected chi connectivity index (χ2v) is 6.34. The minimum Gasteiger partial charge on any atom is -0.366 e. The van der Waals surface area contributed by atoms with Gasteiger partial charge >= 0.3 is 0 Å². The number of amides is 1. The molecule has 132 valence electrons. The maximum Gasteiger partial charge on any atom is 0.272 e. The zero-order valence-electron chi connectivity index (χ0n) is 14.5. The van der Waals surface area contributed by atoms with Crippen LogP contribution in [0.4, 0.5) is 10.2 Å². The van der Waals surface area contributed by atoms with Gasteiger partial charge in [0.1, 0.15) is 23.2 Å². The van der Waals surface area contributed by atoms with E-state index in [1.807, 2.05) is 4.90 Å². The Labute approximate surface area is 147 Å². The van der Waals surface area contributed by atoms with Crippen LogP contribution < -0.4 is 5.32 Å². The van der Waals surface area contributed by atoms with Crippen molar-refractivity contribution in [2.75, 3.05) is 18.4 Å². The van der Waals surface area contributed by atoms with Crippen molar-refractivity contribution in [3.8, 4) is 0 Å². The van der Waals surface area contributed by atoms with Gasteiger partial charge in [-0.25, -0.2) is 14.4 Å². The van der Waals surface area contributed by atoms with Gasteiger partial charge in [0.05, 0.1) is 0 Å². The lowest BCUT2D eigenvalue weighted by Crippen LogP contribution is -2.32. The summed E-state index contributed by atoms with van der Waals surface area (Å²) in [6, 6.07) is 8.25. The van der Waals surface area contributed by atoms with Crippen LogP contribution >= 0.6 is 0 Å². The molecule has 2 heterocycles. The second-order valence-electron chi connectivity index (χ2n) is 6.34. The average molecular weight is 342 g/mol. The van der Waals surface area contributed by atoms with E-state index in [1.165, 1.54) is 18.9 Å². The number of anilines is 1. The Hall–Kier alpha value is -2.50. The average Bonchev–Trinajstić information content (AvgIpc) is 2.89. The molecule has 1 aromatic carbocycles. The molecular formula is C19H23FN4O. The molecule has 0 aliphatic carbocycles. The smallest absolute Gasteiger partial charge is 0.272 e. The van der Waals surface area contributed by atoms with Gasteiger partial charge in [-0.1, -0.05) is 31.0 Å². The number of rotatable bonds is 4. The molecule has 1 amide bonds. The minimum absolute atomic E-state index is 0.0543. The van der Waals surface area contributed by atoms with Crippen molar-refractivity contribution in [2.24, 2.45) is 0 Å². The zero-order chi connectivity index (χ0) is 17.6. The largest absolute Gasteiger partial charge is 0.366 e. The van der Waals surface area contributed by atoms with Crippen LogP contribution in [-0.4, -0.2) is 33.9 Å². The fourth-order valence-corrected chi connectivity index (χ4v) is 3.03. The molecule has 25 heavy (non-hydrogen) atoms. The Morgan fingerprint density at radius 3 is 2.60 bits per heavy atom. The van der Waals surface area contributed by atoms with Crippen LogP contribution in [0, 0.1) is 12.7 Å². The number of carbonyl (C=O) groups excluding carboxylic acids is 1. The van der Waals surface area contributed by atoms with Gasteiger partial charge in [0.2, 0.25) is 0 Å². The molecule has 1 saturated heterocycles. The Bertz CT molecular complexity index is 742. The number of hydrogen-bond donors (Lipinski definition) is 1. The Balaban J connectivity index is 1.73. The standard InChI is InChI=1S/C19H23FN4O/c1-14-22-17(19(25)24-10-6-2-3-7-11-24)12-18(23-14)21-13-15-8-4-5-9-16(15)20/h4-5,8-9,12H,2-3,6-7,10-11,13H2,1H3,(H,21,22,23). The lowest BCUT2D eigenvalue weighted by Gasteiger charge is -2.20. The zero-order valence-corrected chi connectivity index (χ0v) is 14.5. The molecule has 2 aromatic rings. The summed E-state index contributed by atoms with van der Waals surface area (Å²) in [7, 11) is 0. The Kier molecular flexibility index (Phi) is 5.58. The first-order valence-electron chi connectivity index (χ1n) is 8.76. The second kappa shape index (κ2) is 8.05. The third-order valence-electron chi connectivity index (χ3n) is 4.37. The molecule has 1 N–H and O–H groups in total. The van der Waals surface area contributed by atoms with Gasteiger partial charge in [-0.2, -0.15) is 0 Å². The number of nitrogens with one attached hydrogen (secondary N) is 1. The van der Waals surface area contributed by atoms with E-state index < -0.39 is 0 Å². The minimum atomic E-state index is -0.262. The Morgan fingerprint density at radius 1 is 1.16 bits per heavy atom. The maximum absolute atomic E-state index is 13.7. The summed E-state index contributed by atoms with van der Waals surface area (Å²) in [5, 5.41) is 3.09. The monoisotopic (exact) mass is 342 g/mol. The van der Waals surface area contributed by atoms with Crippen molar-refractivity contribution in [1.29, 1.82) is 0 Å². The number of benzene rings is 1. The predicted octanol–water partition coefficient (Wildman–Crippen LogP) is 3.55. The summed E-state index contributed by atoms with van der Waals surface area (Å²) in [4.78, 5) is 23.2. The van der Waals surface area contributed by atoms with Crippen LogP contribution in [0.3, 0.4) is 0 Å². The highest BCUT2D eigenvalue weighted by Crippen LogP contribution is 2.15. The fourth-order valence-electron chi connectivity index (χ4n) is 3.03. The quantitative estimate of drug-likeness (QED) is 0.923. The van der Waals surface area contributed by atoms with E-state index in [1.54, 1.807) is 31.2 Å². The van der Waals surface area contributed by atoms with E-state index in [0.29, 0.717) is 29.4 Å². The fraction of sp³-hybridized carbons (Fsp3) is 0.421. The van der Waals surface area contributed by atoms with Crippen LogP contribution in [0.25, 0.3) is 0 Å². The van der Waals surface area contributed by atoms with E-state index in [0.717, 1.165) is 25.9 Å². The molecule has 1 aliphatic rings. The van der Waals surface area contributed by atoms with Crippen LogP contribution in [0.2, 0.25) is 0 Å². The van der Waals surface area contributed by atoms with Gasteiger partial charge in [-0.15, -0.1) is 0 Å². The van der Waals surface area contributed by atoms with Gasteiger partial charge in [0, 0.05) is 31.3 Å². The van der Waals surface area contributed by atoms with Crippen LogP contribution in [0.1, 0.15) is 47.6 Å². The number of aryl methyl sites for hydroxylation is 1. The topological polar surface area (TPSA) is 58.1 Å². The van der Waals surface area contributed by atoms with Crippen molar-refractivity contribution in [1.82, 2.24) is 14.9 Å². The third-order valence-corrected chi connectivity index (χ3v) is 4.37. The number of carbonyl (C=O) groups is 1.